The molecule has 1 aromatic rings. The first-order valence-corrected chi connectivity index (χ1v) is 6.77. The average molecular weight is 248 g/mol. The quantitative estimate of drug-likeness (QED) is 0.875. The molecule has 1 saturated heterocycles. The van der Waals surface area contributed by atoms with Gasteiger partial charge in [-0.3, -0.25) is 0 Å². The SMILES string of the molecule is CN1CCN(CCC(C)(O)c2ccccc2)CC1. The first-order valence-electron chi connectivity index (χ1n) is 6.77. The molecule has 1 atom stereocenters. The van der Waals surface area contributed by atoms with Crippen LogP contribution in [0.2, 0.25) is 0 Å². The van der Waals surface area contributed by atoms with Gasteiger partial charge in [-0.1, -0.05) is 30.3 Å². The number of benzene rings is 1. The van der Waals surface area contributed by atoms with Crippen LogP contribution in [-0.4, -0.2) is 54.7 Å². The van der Waals surface area contributed by atoms with Gasteiger partial charge in [-0.25, -0.2) is 0 Å². The summed E-state index contributed by atoms with van der Waals surface area (Å²) in [4.78, 5) is 4.79. The lowest BCUT2D eigenvalue weighted by atomic mass is 9.92. The van der Waals surface area contributed by atoms with Gasteiger partial charge in [0.2, 0.25) is 0 Å². The van der Waals surface area contributed by atoms with E-state index in [4.69, 9.17) is 0 Å². The Morgan fingerprint density at radius 3 is 2.33 bits per heavy atom. The lowest BCUT2D eigenvalue weighted by Crippen LogP contribution is -2.45. The lowest BCUT2D eigenvalue weighted by Gasteiger charge is -2.34. The standard InChI is InChI=1S/C15H24N2O/c1-15(18,14-6-4-3-5-7-14)8-9-17-12-10-16(2)11-13-17/h3-7,18H,8-13H2,1-2H3. The summed E-state index contributed by atoms with van der Waals surface area (Å²) < 4.78 is 0. The van der Waals surface area contributed by atoms with E-state index in [2.05, 4.69) is 16.8 Å². The minimum atomic E-state index is -0.718. The molecule has 1 aliphatic rings. The second kappa shape index (κ2) is 5.83. The van der Waals surface area contributed by atoms with Gasteiger partial charge in [-0.05, 0) is 26.0 Å². The summed E-state index contributed by atoms with van der Waals surface area (Å²) in [6.07, 6.45) is 0.792. The van der Waals surface area contributed by atoms with Crippen molar-refractivity contribution in [2.24, 2.45) is 0 Å². The molecular weight excluding hydrogens is 224 g/mol. The van der Waals surface area contributed by atoms with E-state index in [0.29, 0.717) is 0 Å². The smallest absolute Gasteiger partial charge is 0.0880 e. The van der Waals surface area contributed by atoms with Crippen molar-refractivity contribution < 1.29 is 5.11 Å². The van der Waals surface area contributed by atoms with Gasteiger partial charge >= 0.3 is 0 Å². The minimum Gasteiger partial charge on any atom is -0.385 e. The molecule has 3 nitrogen and oxygen atoms in total. The zero-order valence-corrected chi connectivity index (χ0v) is 11.5. The Morgan fingerprint density at radius 1 is 1.11 bits per heavy atom. The van der Waals surface area contributed by atoms with Gasteiger partial charge in [0.05, 0.1) is 5.60 Å². The fraction of sp³-hybridized carbons (Fsp3) is 0.600. The summed E-state index contributed by atoms with van der Waals surface area (Å²) in [5.74, 6) is 0. The highest BCUT2D eigenvalue weighted by Crippen LogP contribution is 2.24. The maximum Gasteiger partial charge on any atom is 0.0880 e. The molecule has 0 amide bonds. The van der Waals surface area contributed by atoms with Crippen LogP contribution in [0.15, 0.2) is 30.3 Å². The fourth-order valence-corrected chi connectivity index (χ4v) is 2.39. The van der Waals surface area contributed by atoms with Gasteiger partial charge in [0.1, 0.15) is 0 Å². The lowest BCUT2D eigenvalue weighted by molar-refractivity contribution is 0.0300. The molecular formula is C15H24N2O. The van der Waals surface area contributed by atoms with E-state index >= 15 is 0 Å². The van der Waals surface area contributed by atoms with Crippen molar-refractivity contribution in [2.75, 3.05) is 39.8 Å². The summed E-state index contributed by atoms with van der Waals surface area (Å²) in [7, 11) is 2.16. The van der Waals surface area contributed by atoms with Crippen LogP contribution in [0.25, 0.3) is 0 Å². The van der Waals surface area contributed by atoms with Crippen molar-refractivity contribution in [1.82, 2.24) is 9.80 Å². The maximum absolute atomic E-state index is 10.5. The second-order valence-electron chi connectivity index (χ2n) is 5.53. The molecule has 1 aromatic carbocycles. The van der Waals surface area contributed by atoms with Crippen LogP contribution in [0.1, 0.15) is 18.9 Å². The molecule has 1 unspecified atom stereocenters. The molecule has 1 heterocycles. The molecule has 1 aliphatic heterocycles. The Morgan fingerprint density at radius 2 is 1.72 bits per heavy atom. The number of piperazine rings is 1. The Kier molecular flexibility index (Phi) is 4.38. The van der Waals surface area contributed by atoms with Crippen molar-refractivity contribution in [3.63, 3.8) is 0 Å². The molecule has 0 spiro atoms. The normalized spacial score (nSPS) is 21.7. The van der Waals surface area contributed by atoms with E-state index in [1.54, 1.807) is 0 Å². The Labute approximate surface area is 110 Å². The van der Waals surface area contributed by atoms with E-state index in [9.17, 15) is 5.11 Å². The van der Waals surface area contributed by atoms with Crippen LogP contribution < -0.4 is 0 Å². The molecule has 3 heteroatoms. The monoisotopic (exact) mass is 248 g/mol. The number of nitrogens with zero attached hydrogens (tertiary/aromatic N) is 2. The van der Waals surface area contributed by atoms with Crippen molar-refractivity contribution in [1.29, 1.82) is 0 Å². The van der Waals surface area contributed by atoms with Crippen LogP contribution >= 0.6 is 0 Å². The first-order chi connectivity index (χ1) is 8.58. The summed E-state index contributed by atoms with van der Waals surface area (Å²) in [6.45, 7) is 7.37. The summed E-state index contributed by atoms with van der Waals surface area (Å²) >= 11 is 0. The molecule has 0 aliphatic carbocycles. The van der Waals surface area contributed by atoms with E-state index in [0.717, 1.165) is 44.7 Å². The van der Waals surface area contributed by atoms with E-state index in [1.165, 1.54) is 0 Å². The molecule has 0 aromatic heterocycles. The molecule has 0 bridgehead atoms. The Balaban J connectivity index is 1.86. The van der Waals surface area contributed by atoms with Crippen molar-refractivity contribution in [2.45, 2.75) is 18.9 Å². The Hall–Kier alpha value is -0.900. The van der Waals surface area contributed by atoms with Crippen LogP contribution in [0.5, 0.6) is 0 Å². The van der Waals surface area contributed by atoms with Crippen molar-refractivity contribution in [3.8, 4) is 0 Å². The molecule has 1 fully saturated rings. The van der Waals surface area contributed by atoms with Gasteiger partial charge in [0.25, 0.3) is 0 Å². The maximum atomic E-state index is 10.5. The third kappa shape index (κ3) is 3.55. The number of likely N-dealkylation sites (N-methyl/N-ethyl adjacent to an activating group) is 1. The van der Waals surface area contributed by atoms with Gasteiger partial charge < -0.3 is 14.9 Å². The topological polar surface area (TPSA) is 26.7 Å². The van der Waals surface area contributed by atoms with Gasteiger partial charge in [-0.15, -0.1) is 0 Å². The number of hydrogen-bond donors (Lipinski definition) is 1. The molecule has 0 saturated carbocycles. The predicted molar refractivity (Wildman–Crippen MR) is 74.6 cm³/mol. The van der Waals surface area contributed by atoms with Crippen molar-refractivity contribution >= 4 is 0 Å². The molecule has 2 rings (SSSR count). The highest BCUT2D eigenvalue weighted by Gasteiger charge is 2.24. The Bertz CT molecular complexity index is 356. The van der Waals surface area contributed by atoms with Gasteiger partial charge in [0, 0.05) is 32.7 Å². The zero-order valence-electron chi connectivity index (χ0n) is 11.5. The molecule has 18 heavy (non-hydrogen) atoms. The third-order valence-electron chi connectivity index (χ3n) is 3.91. The summed E-state index contributed by atoms with van der Waals surface area (Å²) in [6, 6.07) is 9.97. The second-order valence-corrected chi connectivity index (χ2v) is 5.53. The van der Waals surface area contributed by atoms with Gasteiger partial charge in [-0.2, -0.15) is 0 Å². The number of hydrogen-bond acceptors (Lipinski definition) is 3. The molecule has 0 radical (unpaired) electrons. The minimum absolute atomic E-state index is 0.718. The summed E-state index contributed by atoms with van der Waals surface area (Å²) in [5.41, 5.74) is 0.295. The van der Waals surface area contributed by atoms with E-state index < -0.39 is 5.60 Å². The van der Waals surface area contributed by atoms with Crippen LogP contribution in [-0.2, 0) is 5.60 Å². The van der Waals surface area contributed by atoms with E-state index in [1.807, 2.05) is 37.3 Å². The highest BCUT2D eigenvalue weighted by molar-refractivity contribution is 5.21. The summed E-state index contributed by atoms with van der Waals surface area (Å²) in [5, 5.41) is 10.5. The van der Waals surface area contributed by atoms with Crippen LogP contribution in [0.3, 0.4) is 0 Å². The first kappa shape index (κ1) is 13.5. The predicted octanol–water partition coefficient (Wildman–Crippen LogP) is 1.53. The van der Waals surface area contributed by atoms with Crippen LogP contribution in [0.4, 0.5) is 0 Å². The van der Waals surface area contributed by atoms with Crippen LogP contribution in [0, 0.1) is 0 Å². The largest absolute Gasteiger partial charge is 0.385 e. The third-order valence-corrected chi connectivity index (χ3v) is 3.91. The molecule has 1 N–H and O–H groups in total. The van der Waals surface area contributed by atoms with Crippen molar-refractivity contribution in [3.05, 3.63) is 35.9 Å². The molecule has 100 valence electrons. The number of aliphatic hydroxyl groups is 1. The van der Waals surface area contributed by atoms with E-state index in [-0.39, 0.29) is 0 Å². The zero-order chi connectivity index (χ0) is 13.0. The fourth-order valence-electron chi connectivity index (χ4n) is 2.39. The average Bonchev–Trinajstić information content (AvgIpc) is 2.39. The highest BCUT2D eigenvalue weighted by atomic mass is 16.3. The number of rotatable bonds is 4. The van der Waals surface area contributed by atoms with Gasteiger partial charge in [0.15, 0.2) is 0 Å².